The first kappa shape index (κ1) is 15.3. The summed E-state index contributed by atoms with van der Waals surface area (Å²) < 4.78 is 0. The fraction of sp³-hybridized carbons (Fsp3) is 0.190. The summed E-state index contributed by atoms with van der Waals surface area (Å²) in [7, 11) is 0. The number of pyridine rings is 1. The van der Waals surface area contributed by atoms with E-state index in [0.29, 0.717) is 0 Å². The zero-order chi connectivity index (χ0) is 16.2. The van der Waals surface area contributed by atoms with Crippen LogP contribution in [0, 0.1) is 6.92 Å². The molecule has 0 aliphatic rings. The lowest BCUT2D eigenvalue weighted by molar-refractivity contribution is 0.975. The Labute approximate surface area is 136 Å². The van der Waals surface area contributed by atoms with Crippen LogP contribution in [-0.2, 0) is 12.8 Å². The summed E-state index contributed by atoms with van der Waals surface area (Å²) >= 11 is 0. The summed E-state index contributed by atoms with van der Waals surface area (Å²) in [5.41, 5.74) is 7.00. The van der Waals surface area contributed by atoms with Crippen LogP contribution in [0.4, 0.5) is 0 Å². The molecule has 0 fully saturated rings. The van der Waals surface area contributed by atoms with Crippen molar-refractivity contribution in [2.24, 2.45) is 0 Å². The molecule has 0 amide bonds. The molecule has 1 aromatic heterocycles. The van der Waals surface area contributed by atoms with Crippen molar-refractivity contribution in [2.75, 3.05) is 0 Å². The van der Waals surface area contributed by atoms with Crippen LogP contribution >= 0.6 is 0 Å². The summed E-state index contributed by atoms with van der Waals surface area (Å²) in [6.07, 6.45) is 1.73. The minimum atomic E-state index is -0.0180. The highest BCUT2D eigenvalue weighted by atomic mass is 16.1. The zero-order valence-corrected chi connectivity index (χ0v) is 13.6. The van der Waals surface area contributed by atoms with E-state index in [-0.39, 0.29) is 5.56 Å². The molecule has 0 aliphatic heterocycles. The van der Waals surface area contributed by atoms with E-state index in [4.69, 9.17) is 0 Å². The monoisotopic (exact) mass is 303 g/mol. The highest BCUT2D eigenvalue weighted by molar-refractivity contribution is 5.63. The van der Waals surface area contributed by atoms with Crippen LogP contribution in [0.15, 0.2) is 65.5 Å². The number of H-pyrrole nitrogens is 1. The number of benzene rings is 2. The first-order valence-electron chi connectivity index (χ1n) is 8.03. The van der Waals surface area contributed by atoms with Gasteiger partial charge in [-0.15, -0.1) is 0 Å². The summed E-state index contributed by atoms with van der Waals surface area (Å²) in [5.74, 6) is 0. The van der Waals surface area contributed by atoms with E-state index in [1.807, 2.05) is 13.0 Å². The van der Waals surface area contributed by atoms with E-state index in [2.05, 4.69) is 60.4 Å². The maximum atomic E-state index is 11.8. The summed E-state index contributed by atoms with van der Waals surface area (Å²) in [6, 6.07) is 20.7. The van der Waals surface area contributed by atoms with Gasteiger partial charge in [0.15, 0.2) is 0 Å². The quantitative estimate of drug-likeness (QED) is 0.756. The van der Waals surface area contributed by atoms with Gasteiger partial charge in [0.25, 0.3) is 0 Å². The molecular formula is C21H21NO. The lowest BCUT2D eigenvalue weighted by Gasteiger charge is -2.11. The molecular weight excluding hydrogens is 282 g/mol. The molecule has 0 saturated heterocycles. The van der Waals surface area contributed by atoms with Crippen LogP contribution in [0.2, 0.25) is 0 Å². The Morgan fingerprint density at radius 3 is 2.22 bits per heavy atom. The number of nitrogens with one attached hydrogen (secondary N) is 1. The molecule has 2 heteroatoms. The van der Waals surface area contributed by atoms with Crippen LogP contribution < -0.4 is 5.56 Å². The van der Waals surface area contributed by atoms with Crippen LogP contribution in [0.3, 0.4) is 0 Å². The normalized spacial score (nSPS) is 10.7. The Hall–Kier alpha value is -2.61. The molecule has 0 atom stereocenters. The van der Waals surface area contributed by atoms with Crippen molar-refractivity contribution in [2.45, 2.75) is 26.7 Å². The third-order valence-corrected chi connectivity index (χ3v) is 4.27. The molecule has 1 N–H and O–H groups in total. The number of aromatic amines is 1. The van der Waals surface area contributed by atoms with Gasteiger partial charge in [-0.2, -0.15) is 0 Å². The van der Waals surface area contributed by atoms with Crippen molar-refractivity contribution < 1.29 is 0 Å². The van der Waals surface area contributed by atoms with E-state index in [1.54, 1.807) is 6.07 Å². The minimum absolute atomic E-state index is 0.0180. The van der Waals surface area contributed by atoms with Gasteiger partial charge in [-0.1, -0.05) is 61.5 Å². The average Bonchev–Trinajstić information content (AvgIpc) is 2.56. The molecule has 2 aromatic carbocycles. The maximum absolute atomic E-state index is 11.8. The Morgan fingerprint density at radius 1 is 0.913 bits per heavy atom. The van der Waals surface area contributed by atoms with Crippen LogP contribution in [0.25, 0.3) is 11.1 Å². The van der Waals surface area contributed by atoms with Gasteiger partial charge >= 0.3 is 0 Å². The number of hydrogen-bond donors (Lipinski definition) is 1. The standard InChI is InChI=1S/C21H21NO/c1-3-20-15(2)22-21(23)14-19(20)13-16-9-11-18(12-10-16)17-7-5-4-6-8-17/h4-12,14H,3,13H2,1-2H3,(H,22,23). The lowest BCUT2D eigenvalue weighted by Crippen LogP contribution is -2.12. The zero-order valence-electron chi connectivity index (χ0n) is 13.6. The number of rotatable bonds is 4. The topological polar surface area (TPSA) is 32.9 Å². The predicted molar refractivity (Wildman–Crippen MR) is 95.9 cm³/mol. The first-order valence-corrected chi connectivity index (χ1v) is 8.03. The molecule has 3 aromatic rings. The fourth-order valence-corrected chi connectivity index (χ4v) is 3.10. The van der Waals surface area contributed by atoms with E-state index >= 15 is 0 Å². The molecule has 23 heavy (non-hydrogen) atoms. The van der Waals surface area contributed by atoms with Crippen molar-refractivity contribution in [3.63, 3.8) is 0 Å². The Kier molecular flexibility index (Phi) is 4.42. The molecule has 3 rings (SSSR count). The van der Waals surface area contributed by atoms with Crippen molar-refractivity contribution >= 4 is 0 Å². The van der Waals surface area contributed by atoms with Crippen molar-refractivity contribution in [1.29, 1.82) is 0 Å². The van der Waals surface area contributed by atoms with Crippen molar-refractivity contribution in [3.05, 3.63) is 93.4 Å². The van der Waals surface area contributed by atoms with Crippen LogP contribution in [-0.4, -0.2) is 4.98 Å². The van der Waals surface area contributed by atoms with Gasteiger partial charge < -0.3 is 4.98 Å². The van der Waals surface area contributed by atoms with Gasteiger partial charge in [0, 0.05) is 11.8 Å². The molecule has 0 saturated carbocycles. The average molecular weight is 303 g/mol. The maximum Gasteiger partial charge on any atom is 0.248 e. The third kappa shape index (κ3) is 3.42. The largest absolute Gasteiger partial charge is 0.326 e. The highest BCUT2D eigenvalue weighted by Crippen LogP contribution is 2.21. The molecule has 0 radical (unpaired) electrons. The SMILES string of the molecule is CCc1c(Cc2ccc(-c3ccccc3)cc2)cc(=O)[nH]c1C. The second kappa shape index (κ2) is 6.66. The lowest BCUT2D eigenvalue weighted by atomic mass is 9.96. The summed E-state index contributed by atoms with van der Waals surface area (Å²) in [5, 5.41) is 0. The highest BCUT2D eigenvalue weighted by Gasteiger charge is 2.07. The Balaban J connectivity index is 1.89. The third-order valence-electron chi connectivity index (χ3n) is 4.27. The van der Waals surface area contributed by atoms with Gasteiger partial charge in [-0.05, 0) is 47.6 Å². The molecule has 0 bridgehead atoms. The fourth-order valence-electron chi connectivity index (χ4n) is 3.10. The number of hydrogen-bond acceptors (Lipinski definition) is 1. The van der Waals surface area contributed by atoms with Crippen LogP contribution in [0.5, 0.6) is 0 Å². The smallest absolute Gasteiger partial charge is 0.248 e. The molecule has 2 nitrogen and oxygen atoms in total. The molecule has 116 valence electrons. The van der Waals surface area contributed by atoms with Gasteiger partial charge in [-0.25, -0.2) is 0 Å². The number of aryl methyl sites for hydroxylation is 1. The second-order valence-electron chi connectivity index (χ2n) is 5.86. The van der Waals surface area contributed by atoms with Crippen molar-refractivity contribution in [1.82, 2.24) is 4.98 Å². The van der Waals surface area contributed by atoms with E-state index in [0.717, 1.165) is 24.1 Å². The summed E-state index contributed by atoms with van der Waals surface area (Å²) in [6.45, 7) is 4.10. The molecule has 1 heterocycles. The second-order valence-corrected chi connectivity index (χ2v) is 5.86. The van der Waals surface area contributed by atoms with E-state index < -0.39 is 0 Å². The molecule has 0 unspecified atom stereocenters. The van der Waals surface area contributed by atoms with E-state index in [9.17, 15) is 4.79 Å². The van der Waals surface area contributed by atoms with Gasteiger partial charge in [0.2, 0.25) is 5.56 Å². The molecule has 0 spiro atoms. The minimum Gasteiger partial charge on any atom is -0.326 e. The van der Waals surface area contributed by atoms with Crippen molar-refractivity contribution in [3.8, 4) is 11.1 Å². The predicted octanol–water partition coefficient (Wildman–Crippen LogP) is 4.50. The first-order chi connectivity index (χ1) is 11.2. The van der Waals surface area contributed by atoms with E-state index in [1.165, 1.54) is 22.3 Å². The Bertz CT molecular complexity index is 845. The van der Waals surface area contributed by atoms with Crippen LogP contribution in [0.1, 0.15) is 29.3 Å². The van der Waals surface area contributed by atoms with Gasteiger partial charge in [0.1, 0.15) is 0 Å². The van der Waals surface area contributed by atoms with Gasteiger partial charge in [-0.3, -0.25) is 4.79 Å². The summed E-state index contributed by atoms with van der Waals surface area (Å²) in [4.78, 5) is 14.6. The molecule has 0 aliphatic carbocycles. The Morgan fingerprint density at radius 2 is 1.57 bits per heavy atom. The van der Waals surface area contributed by atoms with Gasteiger partial charge in [0.05, 0.1) is 0 Å². The number of aromatic nitrogens is 1.